The molecule has 2 saturated heterocycles. The zero-order valence-corrected chi connectivity index (χ0v) is 13.9. The Hall–Kier alpha value is -1.59. The topological polar surface area (TPSA) is 51.0 Å². The molecule has 0 saturated carbocycles. The number of aromatic nitrogens is 3. The van der Waals surface area contributed by atoms with E-state index in [2.05, 4.69) is 10.2 Å². The number of benzene rings is 1. The van der Waals surface area contributed by atoms with Gasteiger partial charge < -0.3 is 4.90 Å². The first-order valence-electron chi connectivity index (χ1n) is 7.77. The van der Waals surface area contributed by atoms with Crippen molar-refractivity contribution in [1.29, 1.82) is 0 Å². The van der Waals surface area contributed by atoms with Gasteiger partial charge in [-0.2, -0.15) is 15.0 Å². The summed E-state index contributed by atoms with van der Waals surface area (Å²) >= 11 is 12.1. The average molecular weight is 351 g/mol. The lowest BCUT2D eigenvalue weighted by atomic mass is 9.96. The van der Waals surface area contributed by atoms with Crippen molar-refractivity contribution in [3.05, 3.63) is 46.2 Å². The fraction of sp³-hybridized carbons (Fsp3) is 0.438. The van der Waals surface area contributed by atoms with Crippen LogP contribution in [0, 0.1) is 0 Å². The summed E-state index contributed by atoms with van der Waals surface area (Å²) in [4.78, 5) is 16.7. The van der Waals surface area contributed by atoms with Crippen molar-refractivity contribution in [2.45, 2.75) is 43.8 Å². The fourth-order valence-corrected chi connectivity index (χ4v) is 4.37. The molecular formula is C16H16Cl2N4O. The number of carbonyl (C=O) groups excluding carboxylic acids is 1. The van der Waals surface area contributed by atoms with Crippen molar-refractivity contribution in [2.24, 2.45) is 0 Å². The lowest BCUT2D eigenvalue weighted by Crippen LogP contribution is -2.47. The van der Waals surface area contributed by atoms with Gasteiger partial charge in [-0.3, -0.25) is 4.79 Å². The van der Waals surface area contributed by atoms with Crippen LogP contribution in [0.4, 0.5) is 0 Å². The number of carbonyl (C=O) groups is 1. The van der Waals surface area contributed by atoms with Crippen molar-refractivity contribution in [2.75, 3.05) is 0 Å². The van der Waals surface area contributed by atoms with E-state index in [0.29, 0.717) is 15.6 Å². The number of hydrogen-bond donors (Lipinski definition) is 0. The number of piperidine rings is 1. The van der Waals surface area contributed by atoms with Crippen LogP contribution >= 0.6 is 23.2 Å². The van der Waals surface area contributed by atoms with E-state index >= 15 is 0 Å². The lowest BCUT2D eigenvalue weighted by molar-refractivity contribution is 0.0512. The van der Waals surface area contributed by atoms with Gasteiger partial charge in [-0.25, -0.2) is 0 Å². The van der Waals surface area contributed by atoms with Crippen LogP contribution in [0.2, 0.25) is 10.0 Å². The van der Waals surface area contributed by atoms with Crippen LogP contribution in [-0.2, 0) is 0 Å². The molecule has 0 radical (unpaired) electrons. The number of halogens is 2. The van der Waals surface area contributed by atoms with E-state index in [4.69, 9.17) is 23.2 Å². The van der Waals surface area contributed by atoms with Gasteiger partial charge in [0, 0.05) is 17.1 Å². The summed E-state index contributed by atoms with van der Waals surface area (Å²) in [5.74, 6) is 0.00559. The molecule has 120 valence electrons. The number of amides is 1. The fourth-order valence-electron chi connectivity index (χ4n) is 3.89. The molecule has 2 fully saturated rings. The molecule has 23 heavy (non-hydrogen) atoms. The maximum absolute atomic E-state index is 12.9. The largest absolute Gasteiger partial charge is 0.332 e. The molecule has 4 rings (SSSR count). The van der Waals surface area contributed by atoms with E-state index in [-0.39, 0.29) is 24.0 Å². The summed E-state index contributed by atoms with van der Waals surface area (Å²) in [6.07, 6.45) is 7.24. The highest BCUT2D eigenvalue weighted by Gasteiger charge is 2.44. The normalized spacial score (nSPS) is 26.5. The minimum absolute atomic E-state index is 0.00559. The van der Waals surface area contributed by atoms with Gasteiger partial charge in [-0.15, -0.1) is 0 Å². The van der Waals surface area contributed by atoms with Crippen molar-refractivity contribution in [1.82, 2.24) is 19.9 Å². The SMILES string of the molecule is O=C(c1ccc(Cl)cc1Cl)N1C2CCC1CC(n1nccn1)C2. The Morgan fingerprint density at radius 2 is 1.70 bits per heavy atom. The molecule has 0 N–H and O–H groups in total. The average Bonchev–Trinajstić information content (AvgIpc) is 3.13. The van der Waals surface area contributed by atoms with Crippen LogP contribution in [0.5, 0.6) is 0 Å². The third kappa shape index (κ3) is 2.62. The quantitative estimate of drug-likeness (QED) is 0.831. The van der Waals surface area contributed by atoms with Crippen molar-refractivity contribution >= 4 is 29.1 Å². The van der Waals surface area contributed by atoms with Crippen LogP contribution in [0.3, 0.4) is 0 Å². The zero-order chi connectivity index (χ0) is 16.0. The van der Waals surface area contributed by atoms with Gasteiger partial charge in [0.05, 0.1) is 29.0 Å². The Morgan fingerprint density at radius 3 is 2.30 bits per heavy atom. The van der Waals surface area contributed by atoms with Crippen molar-refractivity contribution < 1.29 is 4.79 Å². The zero-order valence-electron chi connectivity index (χ0n) is 12.4. The van der Waals surface area contributed by atoms with Gasteiger partial charge in [0.1, 0.15) is 0 Å². The van der Waals surface area contributed by atoms with Crippen LogP contribution in [0.25, 0.3) is 0 Å². The summed E-state index contributed by atoms with van der Waals surface area (Å²) in [6, 6.07) is 5.77. The molecule has 2 aromatic rings. The van der Waals surface area contributed by atoms with Crippen LogP contribution in [-0.4, -0.2) is 37.9 Å². The molecular weight excluding hydrogens is 335 g/mol. The summed E-state index contributed by atoms with van der Waals surface area (Å²) in [5.41, 5.74) is 0.531. The molecule has 7 heteroatoms. The van der Waals surface area contributed by atoms with Gasteiger partial charge in [0.2, 0.25) is 0 Å². The highest BCUT2D eigenvalue weighted by molar-refractivity contribution is 6.36. The minimum Gasteiger partial charge on any atom is -0.332 e. The third-order valence-electron chi connectivity index (χ3n) is 4.87. The van der Waals surface area contributed by atoms with Gasteiger partial charge in [0.15, 0.2) is 0 Å². The molecule has 0 spiro atoms. The van der Waals surface area contributed by atoms with E-state index < -0.39 is 0 Å². The smallest absolute Gasteiger partial charge is 0.255 e. The maximum Gasteiger partial charge on any atom is 0.255 e. The van der Waals surface area contributed by atoms with E-state index in [9.17, 15) is 4.79 Å². The number of hydrogen-bond acceptors (Lipinski definition) is 3. The lowest BCUT2D eigenvalue weighted by Gasteiger charge is -2.38. The molecule has 2 atom stereocenters. The Bertz CT molecular complexity index is 720. The molecule has 1 aromatic carbocycles. The summed E-state index contributed by atoms with van der Waals surface area (Å²) in [7, 11) is 0. The second-order valence-electron chi connectivity index (χ2n) is 6.20. The number of nitrogens with zero attached hydrogens (tertiary/aromatic N) is 4. The van der Waals surface area contributed by atoms with Gasteiger partial charge in [0.25, 0.3) is 5.91 Å². The van der Waals surface area contributed by atoms with E-state index in [1.807, 2.05) is 4.90 Å². The number of rotatable bonds is 2. The van der Waals surface area contributed by atoms with E-state index in [1.54, 1.807) is 35.4 Å². The predicted molar refractivity (Wildman–Crippen MR) is 87.7 cm³/mol. The molecule has 2 aliphatic heterocycles. The monoisotopic (exact) mass is 350 g/mol. The molecule has 1 amide bonds. The molecule has 2 unspecified atom stereocenters. The molecule has 5 nitrogen and oxygen atoms in total. The Morgan fingerprint density at radius 1 is 1.04 bits per heavy atom. The van der Waals surface area contributed by atoms with Gasteiger partial charge in [-0.05, 0) is 43.9 Å². The van der Waals surface area contributed by atoms with E-state index in [1.165, 1.54) is 0 Å². The second-order valence-corrected chi connectivity index (χ2v) is 7.04. The van der Waals surface area contributed by atoms with Gasteiger partial charge >= 0.3 is 0 Å². The summed E-state index contributed by atoms with van der Waals surface area (Å²) in [6.45, 7) is 0. The Labute approximate surface area is 144 Å². The second kappa shape index (κ2) is 5.80. The Kier molecular flexibility index (Phi) is 3.77. The first-order valence-corrected chi connectivity index (χ1v) is 8.52. The predicted octanol–water partition coefficient (Wildman–Crippen LogP) is 3.59. The van der Waals surface area contributed by atoms with Crippen LogP contribution in [0.15, 0.2) is 30.6 Å². The maximum atomic E-state index is 12.9. The highest BCUT2D eigenvalue weighted by atomic mass is 35.5. The Balaban J connectivity index is 1.58. The molecule has 0 aliphatic carbocycles. The summed E-state index contributed by atoms with van der Waals surface area (Å²) in [5, 5.41) is 9.46. The first kappa shape index (κ1) is 15.0. The first-order chi connectivity index (χ1) is 11.1. The van der Waals surface area contributed by atoms with Gasteiger partial charge in [-0.1, -0.05) is 23.2 Å². The van der Waals surface area contributed by atoms with Crippen LogP contribution < -0.4 is 0 Å². The molecule has 2 aliphatic rings. The van der Waals surface area contributed by atoms with E-state index in [0.717, 1.165) is 25.7 Å². The highest BCUT2D eigenvalue weighted by Crippen LogP contribution is 2.41. The molecule has 2 bridgehead atoms. The molecule has 3 heterocycles. The minimum atomic E-state index is 0.00559. The summed E-state index contributed by atoms with van der Waals surface area (Å²) < 4.78 is 0. The standard InChI is InChI=1S/C16H16Cl2N4O/c17-10-1-4-14(15(18)7-10)16(23)21-11-2-3-12(21)9-13(8-11)22-19-5-6-20-22/h1,4-7,11-13H,2-3,8-9H2. The molecule has 1 aromatic heterocycles. The van der Waals surface area contributed by atoms with Crippen LogP contribution in [0.1, 0.15) is 42.1 Å². The van der Waals surface area contributed by atoms with Crippen molar-refractivity contribution in [3.63, 3.8) is 0 Å². The third-order valence-corrected chi connectivity index (χ3v) is 5.42. The van der Waals surface area contributed by atoms with Crippen molar-refractivity contribution in [3.8, 4) is 0 Å². The number of fused-ring (bicyclic) bond motifs is 2.